The minimum atomic E-state index is -0.847. The largest absolute Gasteiger partial charge is 0.493 e. The first-order chi connectivity index (χ1) is 16.6. The fourth-order valence-electron chi connectivity index (χ4n) is 3.90. The van der Waals surface area contributed by atoms with Crippen LogP contribution in [0.2, 0.25) is 0 Å². The molecule has 0 saturated carbocycles. The Bertz CT molecular complexity index is 961. The van der Waals surface area contributed by atoms with E-state index in [4.69, 9.17) is 18.9 Å². The quantitative estimate of drug-likeness (QED) is 0.547. The molecule has 9 nitrogen and oxygen atoms in total. The molecule has 2 aromatic carbocycles. The van der Waals surface area contributed by atoms with Crippen molar-refractivity contribution in [3.05, 3.63) is 48.5 Å². The summed E-state index contributed by atoms with van der Waals surface area (Å²) in [7, 11) is 0. The molecule has 2 amide bonds. The zero-order chi connectivity index (χ0) is 23.8. The van der Waals surface area contributed by atoms with Gasteiger partial charge in [-0.15, -0.1) is 0 Å². The number of aliphatic hydroxyl groups is 1. The fraction of sp³-hybridized carbons (Fsp3) is 0.440. The number of amides is 2. The number of hydrogen-bond acceptors (Lipinski definition) is 7. The number of likely N-dealkylation sites (tertiary alicyclic amines) is 1. The molecule has 182 valence electrons. The highest BCUT2D eigenvalue weighted by atomic mass is 16.7. The van der Waals surface area contributed by atoms with Crippen LogP contribution in [-0.2, 0) is 9.59 Å². The first kappa shape index (κ1) is 23.7. The lowest BCUT2D eigenvalue weighted by Crippen LogP contribution is -2.45. The zero-order valence-corrected chi connectivity index (χ0v) is 19.0. The summed E-state index contributed by atoms with van der Waals surface area (Å²) in [6.45, 7) is 1.73. The van der Waals surface area contributed by atoms with Gasteiger partial charge in [-0.2, -0.15) is 0 Å². The molecular formula is C25H30N2O7. The van der Waals surface area contributed by atoms with Crippen molar-refractivity contribution in [1.82, 2.24) is 10.2 Å². The summed E-state index contributed by atoms with van der Waals surface area (Å²) in [4.78, 5) is 26.7. The molecule has 2 aliphatic rings. The number of ether oxygens (including phenoxy) is 4. The van der Waals surface area contributed by atoms with Crippen LogP contribution < -0.4 is 24.3 Å². The Morgan fingerprint density at radius 3 is 2.59 bits per heavy atom. The first-order valence-corrected chi connectivity index (χ1v) is 11.5. The maximum absolute atomic E-state index is 12.5. The van der Waals surface area contributed by atoms with E-state index >= 15 is 0 Å². The van der Waals surface area contributed by atoms with Crippen molar-refractivity contribution in [1.29, 1.82) is 0 Å². The molecule has 0 aliphatic carbocycles. The van der Waals surface area contributed by atoms with Crippen LogP contribution in [0.15, 0.2) is 48.5 Å². The summed E-state index contributed by atoms with van der Waals surface area (Å²) >= 11 is 0. The third kappa shape index (κ3) is 6.54. The molecule has 1 atom stereocenters. The van der Waals surface area contributed by atoms with E-state index in [0.717, 1.165) is 5.75 Å². The van der Waals surface area contributed by atoms with E-state index in [-0.39, 0.29) is 37.7 Å². The Hall–Kier alpha value is -3.46. The molecule has 0 aromatic heterocycles. The standard InChI is InChI=1S/C25H30N2O7/c28-19(16-32-21-6-7-22-23(14-21)34-17-33-22)15-26-25(30)18-8-11-27(12-9-18)24(29)10-13-31-20-4-2-1-3-5-20/h1-7,14,18-19,28H,8-13,15-17H2,(H,26,30). The van der Waals surface area contributed by atoms with Gasteiger partial charge >= 0.3 is 0 Å². The molecule has 9 heteroatoms. The highest BCUT2D eigenvalue weighted by Crippen LogP contribution is 2.35. The van der Waals surface area contributed by atoms with Gasteiger partial charge < -0.3 is 34.3 Å². The Kier molecular flexibility index (Phi) is 8.08. The average Bonchev–Trinajstić information content (AvgIpc) is 3.34. The number of hydrogen-bond donors (Lipinski definition) is 2. The molecular weight excluding hydrogens is 440 g/mol. The lowest BCUT2D eigenvalue weighted by molar-refractivity contribution is -0.136. The molecule has 2 aromatic rings. The molecule has 1 unspecified atom stereocenters. The van der Waals surface area contributed by atoms with Crippen molar-refractivity contribution < 1.29 is 33.6 Å². The average molecular weight is 471 g/mol. The van der Waals surface area contributed by atoms with Crippen LogP contribution in [0.25, 0.3) is 0 Å². The molecule has 4 rings (SSSR count). The second-order valence-electron chi connectivity index (χ2n) is 8.29. The van der Waals surface area contributed by atoms with Crippen LogP contribution in [0, 0.1) is 5.92 Å². The number of carbonyl (C=O) groups excluding carboxylic acids is 2. The minimum absolute atomic E-state index is 0.0332. The molecule has 1 saturated heterocycles. The van der Waals surface area contributed by atoms with Crippen molar-refractivity contribution >= 4 is 11.8 Å². The highest BCUT2D eigenvalue weighted by molar-refractivity contribution is 5.80. The smallest absolute Gasteiger partial charge is 0.231 e. The monoisotopic (exact) mass is 470 g/mol. The van der Waals surface area contributed by atoms with Crippen molar-refractivity contribution in [2.75, 3.05) is 39.6 Å². The number of nitrogens with zero attached hydrogens (tertiary/aromatic N) is 1. The Morgan fingerprint density at radius 1 is 1.03 bits per heavy atom. The summed E-state index contributed by atoms with van der Waals surface area (Å²) in [5.74, 6) is 2.32. The third-order valence-electron chi connectivity index (χ3n) is 5.84. The van der Waals surface area contributed by atoms with Crippen LogP contribution in [0.4, 0.5) is 0 Å². The Labute approximate surface area is 198 Å². The van der Waals surface area contributed by atoms with E-state index in [1.807, 2.05) is 30.3 Å². The highest BCUT2D eigenvalue weighted by Gasteiger charge is 2.27. The van der Waals surface area contributed by atoms with Gasteiger partial charge in [0.05, 0.1) is 13.0 Å². The number of nitrogens with one attached hydrogen (secondary N) is 1. The summed E-state index contributed by atoms with van der Waals surface area (Å²) in [5, 5.41) is 13.0. The van der Waals surface area contributed by atoms with Gasteiger partial charge in [-0.3, -0.25) is 9.59 Å². The number of carbonyl (C=O) groups is 2. The van der Waals surface area contributed by atoms with Gasteiger partial charge in [-0.25, -0.2) is 0 Å². The van der Waals surface area contributed by atoms with Gasteiger partial charge in [0, 0.05) is 31.6 Å². The summed E-state index contributed by atoms with van der Waals surface area (Å²) in [6, 6.07) is 14.6. The maximum Gasteiger partial charge on any atom is 0.231 e. The predicted molar refractivity (Wildman–Crippen MR) is 123 cm³/mol. The number of aliphatic hydroxyl groups excluding tert-OH is 1. The van der Waals surface area contributed by atoms with Gasteiger partial charge in [-0.1, -0.05) is 18.2 Å². The lowest BCUT2D eigenvalue weighted by atomic mass is 9.95. The van der Waals surface area contributed by atoms with E-state index < -0.39 is 6.10 Å². The minimum Gasteiger partial charge on any atom is -0.493 e. The molecule has 0 bridgehead atoms. The second kappa shape index (κ2) is 11.6. The van der Waals surface area contributed by atoms with Gasteiger partial charge in [0.25, 0.3) is 0 Å². The summed E-state index contributed by atoms with van der Waals surface area (Å²) in [5.41, 5.74) is 0. The molecule has 0 spiro atoms. The fourth-order valence-corrected chi connectivity index (χ4v) is 3.90. The molecule has 2 aliphatic heterocycles. The van der Waals surface area contributed by atoms with Crippen molar-refractivity contribution in [2.24, 2.45) is 5.92 Å². The van der Waals surface area contributed by atoms with Crippen molar-refractivity contribution in [2.45, 2.75) is 25.4 Å². The second-order valence-corrected chi connectivity index (χ2v) is 8.29. The number of para-hydroxylation sites is 1. The number of benzene rings is 2. The predicted octanol–water partition coefficient (Wildman–Crippen LogP) is 1.98. The topological polar surface area (TPSA) is 107 Å². The molecule has 1 fully saturated rings. The van der Waals surface area contributed by atoms with Gasteiger partial charge in [0.2, 0.25) is 18.6 Å². The van der Waals surface area contributed by atoms with Crippen LogP contribution in [-0.4, -0.2) is 67.6 Å². The number of fused-ring (bicyclic) bond motifs is 1. The Morgan fingerprint density at radius 2 is 1.79 bits per heavy atom. The van der Waals surface area contributed by atoms with Crippen LogP contribution >= 0.6 is 0 Å². The first-order valence-electron chi connectivity index (χ1n) is 11.5. The zero-order valence-electron chi connectivity index (χ0n) is 19.0. The van der Waals surface area contributed by atoms with Crippen LogP contribution in [0.5, 0.6) is 23.0 Å². The van der Waals surface area contributed by atoms with Crippen LogP contribution in [0.1, 0.15) is 19.3 Å². The number of piperidine rings is 1. The summed E-state index contributed by atoms with van der Waals surface area (Å²) in [6.07, 6.45) is 0.656. The third-order valence-corrected chi connectivity index (χ3v) is 5.84. The maximum atomic E-state index is 12.5. The van der Waals surface area contributed by atoms with Gasteiger partial charge in [-0.05, 0) is 37.1 Å². The molecule has 2 N–H and O–H groups in total. The molecule has 0 radical (unpaired) electrons. The molecule has 2 heterocycles. The van der Waals surface area contributed by atoms with E-state index in [1.165, 1.54) is 0 Å². The molecule has 34 heavy (non-hydrogen) atoms. The summed E-state index contributed by atoms with van der Waals surface area (Å²) < 4.78 is 21.7. The number of rotatable bonds is 10. The lowest BCUT2D eigenvalue weighted by Gasteiger charge is -2.31. The van der Waals surface area contributed by atoms with Gasteiger partial charge in [0.15, 0.2) is 11.5 Å². The van der Waals surface area contributed by atoms with E-state index in [2.05, 4.69) is 5.32 Å². The SMILES string of the molecule is O=C(NCC(O)COc1ccc2c(c1)OCO2)C1CCN(C(=O)CCOc2ccccc2)CC1. The van der Waals surface area contributed by atoms with Gasteiger partial charge in [0.1, 0.15) is 24.2 Å². The van der Waals surface area contributed by atoms with E-state index in [1.54, 1.807) is 23.1 Å². The van der Waals surface area contributed by atoms with Crippen molar-refractivity contribution in [3.8, 4) is 23.0 Å². The van der Waals surface area contributed by atoms with Crippen LogP contribution in [0.3, 0.4) is 0 Å². The van der Waals surface area contributed by atoms with Crippen molar-refractivity contribution in [3.63, 3.8) is 0 Å². The Balaban J connectivity index is 1.10. The van der Waals surface area contributed by atoms with E-state index in [9.17, 15) is 14.7 Å². The van der Waals surface area contributed by atoms with E-state index in [0.29, 0.717) is 56.2 Å². The normalized spacial score (nSPS) is 16.1.